The number of rotatable bonds is 6. The quantitative estimate of drug-likeness (QED) is 0.409. The number of anilines is 1. The Bertz CT molecular complexity index is 1140. The minimum absolute atomic E-state index is 0.501. The molecule has 0 aliphatic carbocycles. The Morgan fingerprint density at radius 2 is 1.17 bits per heavy atom. The maximum absolute atomic E-state index is 6.25. The van der Waals surface area contributed by atoms with Gasteiger partial charge in [-0.05, 0) is 40.5 Å². The van der Waals surface area contributed by atoms with Crippen molar-refractivity contribution in [2.45, 2.75) is 19.8 Å². The fraction of sp³-hybridized carbons (Fsp3) is 0.111. The molecular weight excluding hydrogens is 370 g/mol. The van der Waals surface area contributed by atoms with Crippen LogP contribution in [0.15, 0.2) is 97.1 Å². The van der Waals surface area contributed by atoms with E-state index in [1.165, 1.54) is 16.7 Å². The zero-order valence-electron chi connectivity index (χ0n) is 16.7. The molecule has 3 nitrogen and oxygen atoms in total. The highest BCUT2D eigenvalue weighted by molar-refractivity contribution is 5.84. The molecule has 1 aliphatic rings. The first-order chi connectivity index (χ1) is 14.9. The molecule has 1 aliphatic heterocycles. The average Bonchev–Trinajstić information content (AvgIpc) is 2.82. The summed E-state index contributed by atoms with van der Waals surface area (Å²) < 4.78 is 12.5. The normalized spacial score (nSPS) is 11.7. The van der Waals surface area contributed by atoms with Crippen LogP contribution in [-0.4, -0.2) is 0 Å². The predicted molar refractivity (Wildman–Crippen MR) is 121 cm³/mol. The topological polar surface area (TPSA) is 30.5 Å². The lowest BCUT2D eigenvalue weighted by Gasteiger charge is -2.24. The van der Waals surface area contributed by atoms with Crippen LogP contribution in [0.25, 0.3) is 11.1 Å². The first-order valence-corrected chi connectivity index (χ1v) is 10.2. The minimum atomic E-state index is 0.501. The molecule has 0 aromatic heterocycles. The Morgan fingerprint density at radius 3 is 1.83 bits per heavy atom. The van der Waals surface area contributed by atoms with Crippen LogP contribution >= 0.6 is 0 Å². The molecule has 0 atom stereocenters. The first-order valence-electron chi connectivity index (χ1n) is 10.2. The Kier molecular flexibility index (Phi) is 5.09. The summed E-state index contributed by atoms with van der Waals surface area (Å²) in [4.78, 5) is 0. The molecule has 4 aromatic carbocycles. The number of hydrogen-bond acceptors (Lipinski definition) is 3. The molecule has 0 unspecified atom stereocenters. The highest BCUT2D eigenvalue weighted by Gasteiger charge is 2.19. The van der Waals surface area contributed by atoms with E-state index in [1.54, 1.807) is 0 Å². The van der Waals surface area contributed by atoms with Crippen molar-refractivity contribution in [2.24, 2.45) is 0 Å². The summed E-state index contributed by atoms with van der Waals surface area (Å²) in [5.74, 6) is 1.54. The van der Waals surface area contributed by atoms with Crippen molar-refractivity contribution in [1.29, 1.82) is 0 Å². The summed E-state index contributed by atoms with van der Waals surface area (Å²) in [6.45, 7) is 1.78. The SMILES string of the molecule is c1ccc(COc2cc3c(cc2OCc2ccccc2)-c2ccccc2NC3)cc1. The second kappa shape index (κ2) is 8.34. The standard InChI is InChI=1S/C27H23NO2/c1-3-9-20(10-4-1)18-29-26-15-22-17-28-25-14-8-7-13-23(25)24(22)16-27(26)30-19-21-11-5-2-6-12-21/h1-16,28H,17-19H2. The minimum Gasteiger partial charge on any atom is -0.485 e. The zero-order valence-corrected chi connectivity index (χ0v) is 16.7. The fourth-order valence-electron chi connectivity index (χ4n) is 3.76. The number of hydrogen-bond donors (Lipinski definition) is 1. The second-order valence-corrected chi connectivity index (χ2v) is 7.40. The molecular formula is C27H23NO2. The number of fused-ring (bicyclic) bond motifs is 3. The average molecular weight is 393 g/mol. The summed E-state index contributed by atoms with van der Waals surface area (Å²) in [5, 5.41) is 3.50. The lowest BCUT2D eigenvalue weighted by atomic mass is 9.94. The lowest BCUT2D eigenvalue weighted by Crippen LogP contribution is -2.10. The van der Waals surface area contributed by atoms with Gasteiger partial charge in [-0.15, -0.1) is 0 Å². The van der Waals surface area contributed by atoms with Crippen LogP contribution in [-0.2, 0) is 19.8 Å². The molecule has 0 spiro atoms. The van der Waals surface area contributed by atoms with Crippen molar-refractivity contribution in [2.75, 3.05) is 5.32 Å². The summed E-state index contributed by atoms with van der Waals surface area (Å²) in [5.41, 5.74) is 7.01. The Balaban J connectivity index is 1.48. The third-order valence-electron chi connectivity index (χ3n) is 5.33. The van der Waals surface area contributed by atoms with Gasteiger partial charge >= 0.3 is 0 Å². The van der Waals surface area contributed by atoms with Crippen LogP contribution in [0.2, 0.25) is 0 Å². The molecule has 0 fully saturated rings. The van der Waals surface area contributed by atoms with Crippen molar-refractivity contribution in [3.8, 4) is 22.6 Å². The van der Waals surface area contributed by atoms with Gasteiger partial charge in [-0.25, -0.2) is 0 Å². The van der Waals surface area contributed by atoms with E-state index in [2.05, 4.69) is 66.0 Å². The van der Waals surface area contributed by atoms with Gasteiger partial charge in [-0.1, -0.05) is 78.9 Å². The molecule has 3 heteroatoms. The maximum atomic E-state index is 6.25. The smallest absolute Gasteiger partial charge is 0.162 e. The van der Waals surface area contributed by atoms with E-state index in [0.717, 1.165) is 34.9 Å². The molecule has 30 heavy (non-hydrogen) atoms. The van der Waals surface area contributed by atoms with E-state index >= 15 is 0 Å². The third kappa shape index (κ3) is 3.87. The van der Waals surface area contributed by atoms with Gasteiger partial charge in [0.25, 0.3) is 0 Å². The molecule has 148 valence electrons. The highest BCUT2D eigenvalue weighted by Crippen LogP contribution is 2.42. The van der Waals surface area contributed by atoms with Gasteiger partial charge in [-0.2, -0.15) is 0 Å². The van der Waals surface area contributed by atoms with Crippen LogP contribution in [0.5, 0.6) is 11.5 Å². The number of benzene rings is 4. The van der Waals surface area contributed by atoms with E-state index in [1.807, 2.05) is 36.4 Å². The van der Waals surface area contributed by atoms with Crippen molar-refractivity contribution < 1.29 is 9.47 Å². The first kappa shape index (κ1) is 18.3. The molecule has 1 heterocycles. The van der Waals surface area contributed by atoms with E-state index in [0.29, 0.717) is 13.2 Å². The summed E-state index contributed by atoms with van der Waals surface area (Å²) in [6.07, 6.45) is 0. The van der Waals surface area contributed by atoms with Crippen molar-refractivity contribution in [1.82, 2.24) is 0 Å². The van der Waals surface area contributed by atoms with Gasteiger partial charge in [0, 0.05) is 17.8 Å². The number of ether oxygens (including phenoxy) is 2. The predicted octanol–water partition coefficient (Wildman–Crippen LogP) is 6.44. The van der Waals surface area contributed by atoms with Crippen LogP contribution in [0.4, 0.5) is 5.69 Å². The van der Waals surface area contributed by atoms with Crippen molar-refractivity contribution in [3.05, 3.63) is 114 Å². The van der Waals surface area contributed by atoms with Gasteiger partial charge < -0.3 is 14.8 Å². The largest absolute Gasteiger partial charge is 0.485 e. The molecule has 4 aromatic rings. The van der Waals surface area contributed by atoms with Crippen molar-refractivity contribution >= 4 is 5.69 Å². The van der Waals surface area contributed by atoms with Gasteiger partial charge in [-0.3, -0.25) is 0 Å². The van der Waals surface area contributed by atoms with Crippen molar-refractivity contribution in [3.63, 3.8) is 0 Å². The maximum Gasteiger partial charge on any atom is 0.162 e. The fourth-order valence-corrected chi connectivity index (χ4v) is 3.76. The molecule has 0 amide bonds. The molecule has 0 bridgehead atoms. The number of para-hydroxylation sites is 1. The van der Waals surface area contributed by atoms with E-state index in [4.69, 9.17) is 9.47 Å². The van der Waals surface area contributed by atoms with Crippen LogP contribution in [0, 0.1) is 0 Å². The van der Waals surface area contributed by atoms with E-state index in [-0.39, 0.29) is 0 Å². The lowest BCUT2D eigenvalue weighted by molar-refractivity contribution is 0.256. The molecule has 0 radical (unpaired) electrons. The highest BCUT2D eigenvalue weighted by atomic mass is 16.5. The van der Waals surface area contributed by atoms with E-state index in [9.17, 15) is 0 Å². The van der Waals surface area contributed by atoms with Gasteiger partial charge in [0.2, 0.25) is 0 Å². The van der Waals surface area contributed by atoms with Crippen LogP contribution in [0.3, 0.4) is 0 Å². The monoisotopic (exact) mass is 393 g/mol. The van der Waals surface area contributed by atoms with Crippen LogP contribution in [0.1, 0.15) is 16.7 Å². The van der Waals surface area contributed by atoms with Gasteiger partial charge in [0.15, 0.2) is 11.5 Å². The summed E-state index contributed by atoms with van der Waals surface area (Å²) in [6, 6.07) is 33.0. The van der Waals surface area contributed by atoms with E-state index < -0.39 is 0 Å². The number of nitrogens with one attached hydrogen (secondary N) is 1. The second-order valence-electron chi connectivity index (χ2n) is 7.40. The summed E-state index contributed by atoms with van der Waals surface area (Å²) in [7, 11) is 0. The van der Waals surface area contributed by atoms with Gasteiger partial charge in [0.05, 0.1) is 0 Å². The molecule has 0 saturated heterocycles. The van der Waals surface area contributed by atoms with Gasteiger partial charge in [0.1, 0.15) is 13.2 Å². The Hall–Kier alpha value is -3.72. The molecule has 1 N–H and O–H groups in total. The van der Waals surface area contributed by atoms with Crippen LogP contribution < -0.4 is 14.8 Å². The molecule has 0 saturated carbocycles. The molecule has 5 rings (SSSR count). The zero-order chi connectivity index (χ0) is 20.2. The Morgan fingerprint density at radius 1 is 0.600 bits per heavy atom. The third-order valence-corrected chi connectivity index (χ3v) is 5.33. The Labute approximate surface area is 176 Å². The summed E-state index contributed by atoms with van der Waals surface area (Å²) >= 11 is 0.